The number of ketones is 1. The van der Waals surface area contributed by atoms with E-state index in [0.29, 0.717) is 5.76 Å². The zero-order chi connectivity index (χ0) is 25.3. The number of ether oxygens (including phenoxy) is 2. The summed E-state index contributed by atoms with van der Waals surface area (Å²) in [5.74, 6) is -0.738. The van der Waals surface area contributed by atoms with Crippen LogP contribution in [0.2, 0.25) is 0 Å². The fourth-order valence-corrected chi connectivity index (χ4v) is 5.09. The lowest BCUT2D eigenvalue weighted by Gasteiger charge is -2.28. The molecule has 1 aromatic heterocycles. The fourth-order valence-electron chi connectivity index (χ4n) is 5.09. The SMILES string of the molecule is COC1=CC(=CC2=C(C)C(C(C)C(=O)NCc3ccco3)c3cc(F)ccc32)C(C)C(OC)C1=O. The van der Waals surface area contributed by atoms with Gasteiger partial charge in [-0.3, -0.25) is 9.59 Å². The second kappa shape index (κ2) is 10.0. The van der Waals surface area contributed by atoms with Crippen LogP contribution in [0.4, 0.5) is 4.39 Å². The fraction of sp³-hybridized carbons (Fsp3) is 0.357. The first-order valence-electron chi connectivity index (χ1n) is 11.6. The Kier molecular flexibility index (Phi) is 7.08. The van der Waals surface area contributed by atoms with Crippen LogP contribution in [0.25, 0.3) is 5.57 Å². The number of furan rings is 1. The van der Waals surface area contributed by atoms with Crippen molar-refractivity contribution in [2.24, 2.45) is 11.8 Å². The maximum absolute atomic E-state index is 14.3. The summed E-state index contributed by atoms with van der Waals surface area (Å²) in [6.45, 7) is 6.04. The molecule has 0 aliphatic heterocycles. The van der Waals surface area contributed by atoms with E-state index in [4.69, 9.17) is 13.9 Å². The molecule has 2 aliphatic rings. The monoisotopic (exact) mass is 479 g/mol. The van der Waals surface area contributed by atoms with Crippen LogP contribution < -0.4 is 5.32 Å². The van der Waals surface area contributed by atoms with Crippen molar-refractivity contribution in [1.29, 1.82) is 0 Å². The summed E-state index contributed by atoms with van der Waals surface area (Å²) in [5, 5.41) is 2.92. The lowest BCUT2D eigenvalue weighted by Crippen LogP contribution is -2.36. The minimum atomic E-state index is -0.654. The van der Waals surface area contributed by atoms with Crippen LogP contribution in [-0.2, 0) is 25.6 Å². The quantitative estimate of drug-likeness (QED) is 0.609. The number of benzene rings is 1. The van der Waals surface area contributed by atoms with Gasteiger partial charge in [0.1, 0.15) is 17.7 Å². The Bertz CT molecular complexity index is 1220. The predicted octanol–water partition coefficient (Wildman–Crippen LogP) is 4.93. The Labute approximate surface area is 204 Å². The largest absolute Gasteiger partial charge is 0.493 e. The number of halogens is 1. The van der Waals surface area contributed by atoms with Crippen molar-refractivity contribution < 1.29 is 27.9 Å². The van der Waals surface area contributed by atoms with Gasteiger partial charge in [0.05, 0.1) is 19.9 Å². The van der Waals surface area contributed by atoms with Gasteiger partial charge in [-0.15, -0.1) is 0 Å². The van der Waals surface area contributed by atoms with Crippen molar-refractivity contribution in [1.82, 2.24) is 5.32 Å². The molecule has 1 aromatic carbocycles. The van der Waals surface area contributed by atoms with Crippen LogP contribution in [0.15, 0.2) is 70.1 Å². The van der Waals surface area contributed by atoms with Crippen LogP contribution in [0, 0.1) is 17.7 Å². The number of hydrogen-bond donors (Lipinski definition) is 1. The highest BCUT2D eigenvalue weighted by molar-refractivity contribution is 6.00. The van der Waals surface area contributed by atoms with Crippen LogP contribution in [0.1, 0.15) is 43.6 Å². The van der Waals surface area contributed by atoms with Gasteiger partial charge in [0.25, 0.3) is 0 Å². The molecule has 0 bridgehead atoms. The van der Waals surface area contributed by atoms with Gasteiger partial charge in [0, 0.05) is 24.9 Å². The Morgan fingerprint density at radius 2 is 2.06 bits per heavy atom. The zero-order valence-corrected chi connectivity index (χ0v) is 20.6. The number of fused-ring (bicyclic) bond motifs is 1. The normalized spacial score (nSPS) is 23.8. The molecule has 184 valence electrons. The van der Waals surface area contributed by atoms with E-state index >= 15 is 0 Å². The molecule has 0 radical (unpaired) electrons. The maximum atomic E-state index is 14.3. The number of Topliss-reactive ketones (excluding diaryl/α,β-unsaturated/α-hetero) is 1. The maximum Gasteiger partial charge on any atom is 0.226 e. The molecular formula is C28H30FNO5. The molecular weight excluding hydrogens is 449 g/mol. The van der Waals surface area contributed by atoms with Gasteiger partial charge in [0.15, 0.2) is 5.76 Å². The highest BCUT2D eigenvalue weighted by Crippen LogP contribution is 2.47. The van der Waals surface area contributed by atoms with E-state index in [-0.39, 0.29) is 41.6 Å². The Morgan fingerprint density at radius 1 is 1.29 bits per heavy atom. The van der Waals surface area contributed by atoms with E-state index in [1.807, 2.05) is 26.8 Å². The number of rotatable bonds is 7. The average Bonchev–Trinajstić information content (AvgIpc) is 3.45. The van der Waals surface area contributed by atoms with E-state index in [0.717, 1.165) is 27.8 Å². The van der Waals surface area contributed by atoms with Crippen molar-refractivity contribution in [3.05, 3.63) is 88.4 Å². The number of carbonyl (C=O) groups is 2. The van der Waals surface area contributed by atoms with Gasteiger partial charge in [-0.25, -0.2) is 4.39 Å². The van der Waals surface area contributed by atoms with Crippen molar-refractivity contribution >= 4 is 17.3 Å². The summed E-state index contributed by atoms with van der Waals surface area (Å²) in [4.78, 5) is 25.6. The zero-order valence-electron chi connectivity index (χ0n) is 20.6. The molecule has 4 atom stereocenters. The molecule has 4 rings (SSSR count). The lowest BCUT2D eigenvalue weighted by molar-refractivity contribution is -0.130. The lowest BCUT2D eigenvalue weighted by atomic mass is 9.83. The Balaban J connectivity index is 1.72. The highest BCUT2D eigenvalue weighted by Gasteiger charge is 2.38. The predicted molar refractivity (Wildman–Crippen MR) is 130 cm³/mol. The minimum absolute atomic E-state index is 0.146. The van der Waals surface area contributed by atoms with Gasteiger partial charge in [0.2, 0.25) is 11.7 Å². The second-order valence-electron chi connectivity index (χ2n) is 9.06. The van der Waals surface area contributed by atoms with Gasteiger partial charge in [-0.1, -0.05) is 31.6 Å². The molecule has 0 spiro atoms. The van der Waals surface area contributed by atoms with Crippen LogP contribution in [0.5, 0.6) is 0 Å². The van der Waals surface area contributed by atoms with Crippen LogP contribution >= 0.6 is 0 Å². The number of hydrogen-bond acceptors (Lipinski definition) is 5. The third-order valence-corrected chi connectivity index (χ3v) is 7.02. The summed E-state index contributed by atoms with van der Waals surface area (Å²) in [6.07, 6.45) is 4.64. The average molecular weight is 480 g/mol. The number of allylic oxidation sites excluding steroid dienone is 4. The molecule has 2 aliphatic carbocycles. The van der Waals surface area contributed by atoms with Crippen molar-refractivity contribution in [3.63, 3.8) is 0 Å². The number of amides is 1. The van der Waals surface area contributed by atoms with E-state index in [9.17, 15) is 14.0 Å². The second-order valence-corrected chi connectivity index (χ2v) is 9.06. The summed E-state index contributed by atoms with van der Waals surface area (Å²) < 4.78 is 30.4. The minimum Gasteiger partial charge on any atom is -0.493 e. The first kappa shape index (κ1) is 24.7. The molecule has 0 saturated carbocycles. The molecule has 1 amide bonds. The Morgan fingerprint density at radius 3 is 2.71 bits per heavy atom. The summed E-state index contributed by atoms with van der Waals surface area (Å²) in [7, 11) is 2.97. The van der Waals surface area contributed by atoms with Crippen LogP contribution in [-0.4, -0.2) is 32.0 Å². The third kappa shape index (κ3) is 4.60. The van der Waals surface area contributed by atoms with Gasteiger partial charge < -0.3 is 19.2 Å². The molecule has 0 fully saturated rings. The van der Waals surface area contributed by atoms with Gasteiger partial charge >= 0.3 is 0 Å². The van der Waals surface area contributed by atoms with Crippen molar-refractivity contribution in [2.45, 2.75) is 39.3 Å². The van der Waals surface area contributed by atoms with Crippen LogP contribution in [0.3, 0.4) is 0 Å². The summed E-state index contributed by atoms with van der Waals surface area (Å²) in [6, 6.07) is 8.25. The number of methoxy groups -OCH3 is 2. The highest BCUT2D eigenvalue weighted by atomic mass is 19.1. The molecule has 4 unspecified atom stereocenters. The van der Waals surface area contributed by atoms with Gasteiger partial charge in [-0.2, -0.15) is 0 Å². The first-order chi connectivity index (χ1) is 16.8. The topological polar surface area (TPSA) is 77.8 Å². The first-order valence-corrected chi connectivity index (χ1v) is 11.6. The number of carbonyl (C=O) groups excluding carboxylic acids is 2. The van der Waals surface area contributed by atoms with E-state index in [1.54, 1.807) is 30.5 Å². The van der Waals surface area contributed by atoms with E-state index < -0.39 is 12.0 Å². The van der Waals surface area contributed by atoms with Crippen molar-refractivity contribution in [3.8, 4) is 0 Å². The van der Waals surface area contributed by atoms with E-state index in [2.05, 4.69) is 5.32 Å². The molecule has 6 nitrogen and oxygen atoms in total. The Hall–Kier alpha value is -3.45. The molecule has 0 saturated heterocycles. The summed E-state index contributed by atoms with van der Waals surface area (Å²) in [5.41, 5.74) is 4.39. The van der Waals surface area contributed by atoms with Crippen molar-refractivity contribution in [2.75, 3.05) is 14.2 Å². The number of nitrogens with one attached hydrogen (secondary N) is 1. The van der Waals surface area contributed by atoms with E-state index in [1.165, 1.54) is 26.4 Å². The molecule has 2 aromatic rings. The van der Waals surface area contributed by atoms with Gasteiger partial charge in [-0.05, 0) is 59.5 Å². The molecule has 35 heavy (non-hydrogen) atoms. The molecule has 1 heterocycles. The molecule has 1 N–H and O–H groups in total. The smallest absolute Gasteiger partial charge is 0.226 e. The third-order valence-electron chi connectivity index (χ3n) is 7.02. The molecule has 7 heteroatoms. The standard InChI is InChI=1S/C28H30FNO5/c1-15-18(12-24(33-4)26(31)27(15)34-5)11-22-16(2)25(23-13-19(29)8-9-21(22)23)17(3)28(32)30-14-20-7-6-10-35-20/h6-13,15,17,25,27H,14H2,1-5H3,(H,30,32). The summed E-state index contributed by atoms with van der Waals surface area (Å²) >= 11 is 0.